The number of amides is 1. The zero-order valence-electron chi connectivity index (χ0n) is 19.5. The first kappa shape index (κ1) is 26.2. The van der Waals surface area contributed by atoms with Gasteiger partial charge in [-0.25, -0.2) is 13.8 Å². The number of hydrogen-bond acceptors (Lipinski definition) is 6. The van der Waals surface area contributed by atoms with Gasteiger partial charge in [0.05, 0.1) is 17.9 Å². The van der Waals surface area contributed by atoms with Crippen LogP contribution in [0.4, 0.5) is 13.9 Å². The van der Waals surface area contributed by atoms with Gasteiger partial charge in [-0.2, -0.15) is 0 Å². The number of fused-ring (bicyclic) bond motifs is 2. The summed E-state index contributed by atoms with van der Waals surface area (Å²) in [6, 6.07) is 15.6. The van der Waals surface area contributed by atoms with Crippen LogP contribution >= 0.6 is 23.7 Å². The molecule has 1 amide bonds. The van der Waals surface area contributed by atoms with Crippen LogP contribution in [0.5, 0.6) is 5.75 Å². The maximum Gasteiger partial charge on any atom is 0.266 e. The van der Waals surface area contributed by atoms with E-state index >= 15 is 0 Å². The molecule has 36 heavy (non-hydrogen) atoms. The van der Waals surface area contributed by atoms with E-state index in [4.69, 9.17) is 9.47 Å². The highest BCUT2D eigenvalue weighted by Crippen LogP contribution is 2.31. The van der Waals surface area contributed by atoms with Crippen molar-refractivity contribution in [2.24, 2.45) is 0 Å². The monoisotopic (exact) mass is 533 g/mol. The molecule has 5 rings (SSSR count). The topological polar surface area (TPSA) is 54.9 Å². The minimum atomic E-state index is -0.740. The predicted molar refractivity (Wildman–Crippen MR) is 140 cm³/mol. The van der Waals surface area contributed by atoms with Gasteiger partial charge in [0, 0.05) is 32.2 Å². The van der Waals surface area contributed by atoms with E-state index in [1.54, 1.807) is 0 Å². The third-order valence-corrected chi connectivity index (χ3v) is 7.00. The summed E-state index contributed by atoms with van der Waals surface area (Å²) in [6.07, 6.45) is 0.703. The number of morpholine rings is 1. The molecule has 0 saturated carbocycles. The maximum atomic E-state index is 14.3. The van der Waals surface area contributed by atoms with Gasteiger partial charge in [-0.15, -0.1) is 12.4 Å². The van der Waals surface area contributed by atoms with Gasteiger partial charge >= 0.3 is 0 Å². The molecule has 1 fully saturated rings. The minimum absolute atomic E-state index is 0. The molecule has 2 heterocycles. The molecular formula is C26H26ClF2N3O3S. The summed E-state index contributed by atoms with van der Waals surface area (Å²) in [5, 5.41) is 2.43. The van der Waals surface area contributed by atoms with Gasteiger partial charge in [0.1, 0.15) is 17.1 Å². The van der Waals surface area contributed by atoms with E-state index in [1.165, 1.54) is 11.0 Å². The standard InChI is InChI=1S/C26H25F2N3O3S.ClH/c27-20-15-22(28)25-23(16-20)35-26(29-25)31(9-3-8-30-10-12-33-13-11-30)24(32)17-34-21-7-6-18-4-1-2-5-19(18)14-21;/h1-2,4-7,14-16H,3,8-13,17H2;1H. The lowest BCUT2D eigenvalue weighted by Gasteiger charge is -2.27. The van der Waals surface area contributed by atoms with Crippen LogP contribution in [0.1, 0.15) is 6.42 Å². The van der Waals surface area contributed by atoms with Crippen LogP contribution in [-0.4, -0.2) is 61.8 Å². The fraction of sp³-hybridized carbons (Fsp3) is 0.308. The lowest BCUT2D eigenvalue weighted by Crippen LogP contribution is -2.40. The minimum Gasteiger partial charge on any atom is -0.484 e. The van der Waals surface area contributed by atoms with Crippen molar-refractivity contribution in [3.8, 4) is 5.75 Å². The van der Waals surface area contributed by atoms with E-state index in [1.807, 2.05) is 42.5 Å². The number of halogens is 3. The number of carbonyl (C=O) groups is 1. The molecule has 0 unspecified atom stereocenters. The molecule has 1 aliphatic rings. The molecule has 190 valence electrons. The van der Waals surface area contributed by atoms with Gasteiger partial charge in [-0.1, -0.05) is 41.7 Å². The van der Waals surface area contributed by atoms with E-state index in [0.717, 1.165) is 47.8 Å². The second-order valence-electron chi connectivity index (χ2n) is 8.38. The van der Waals surface area contributed by atoms with E-state index in [-0.39, 0.29) is 30.4 Å². The van der Waals surface area contributed by atoms with Gasteiger partial charge in [-0.05, 0) is 35.4 Å². The molecule has 0 atom stereocenters. The average Bonchev–Trinajstić information content (AvgIpc) is 3.29. The molecule has 0 radical (unpaired) electrons. The van der Waals surface area contributed by atoms with Crippen molar-refractivity contribution in [2.45, 2.75) is 6.42 Å². The Morgan fingerprint density at radius 1 is 1.08 bits per heavy atom. The van der Waals surface area contributed by atoms with Crippen LogP contribution in [0.15, 0.2) is 54.6 Å². The summed E-state index contributed by atoms with van der Waals surface area (Å²) in [5.41, 5.74) is 0.0628. The van der Waals surface area contributed by atoms with E-state index in [9.17, 15) is 13.6 Å². The second-order valence-corrected chi connectivity index (χ2v) is 9.39. The van der Waals surface area contributed by atoms with E-state index in [2.05, 4.69) is 9.88 Å². The number of rotatable bonds is 8. The van der Waals surface area contributed by atoms with Crippen molar-refractivity contribution < 1.29 is 23.0 Å². The van der Waals surface area contributed by atoms with Gasteiger partial charge in [0.25, 0.3) is 5.91 Å². The number of aromatic nitrogens is 1. The summed E-state index contributed by atoms with van der Waals surface area (Å²) in [7, 11) is 0. The molecule has 4 aromatic rings. The van der Waals surface area contributed by atoms with Gasteiger partial charge < -0.3 is 9.47 Å². The van der Waals surface area contributed by atoms with E-state index in [0.29, 0.717) is 41.8 Å². The van der Waals surface area contributed by atoms with Crippen LogP contribution in [0.2, 0.25) is 0 Å². The molecule has 0 bridgehead atoms. The lowest BCUT2D eigenvalue weighted by molar-refractivity contribution is -0.120. The second kappa shape index (κ2) is 11.9. The lowest BCUT2D eigenvalue weighted by atomic mass is 10.1. The van der Waals surface area contributed by atoms with Crippen molar-refractivity contribution >= 4 is 55.8 Å². The number of benzene rings is 3. The van der Waals surface area contributed by atoms with Gasteiger partial charge in [0.2, 0.25) is 0 Å². The number of anilines is 1. The highest BCUT2D eigenvalue weighted by molar-refractivity contribution is 7.22. The summed E-state index contributed by atoms with van der Waals surface area (Å²) in [5.74, 6) is -1.12. The zero-order chi connectivity index (χ0) is 24.2. The molecule has 1 saturated heterocycles. The van der Waals surface area contributed by atoms with E-state index < -0.39 is 11.6 Å². The SMILES string of the molecule is Cl.O=C(COc1ccc2ccccc2c1)N(CCCN1CCOCC1)c1nc2c(F)cc(F)cc2s1. The maximum absolute atomic E-state index is 14.3. The number of carbonyl (C=O) groups excluding carboxylic acids is 1. The third-order valence-electron chi connectivity index (χ3n) is 5.98. The first-order valence-electron chi connectivity index (χ1n) is 11.5. The van der Waals surface area contributed by atoms with Gasteiger partial charge in [0.15, 0.2) is 17.6 Å². The highest BCUT2D eigenvalue weighted by atomic mass is 35.5. The van der Waals surface area contributed by atoms with Crippen LogP contribution in [0.3, 0.4) is 0 Å². The number of ether oxygens (including phenoxy) is 2. The number of nitrogens with zero attached hydrogens (tertiary/aromatic N) is 3. The molecule has 0 aliphatic carbocycles. The van der Waals surface area contributed by atoms with Crippen molar-refractivity contribution in [1.29, 1.82) is 0 Å². The Kier molecular flexibility index (Phi) is 8.68. The summed E-state index contributed by atoms with van der Waals surface area (Å²) in [4.78, 5) is 21.4. The fourth-order valence-corrected chi connectivity index (χ4v) is 5.19. The highest BCUT2D eigenvalue weighted by Gasteiger charge is 2.22. The predicted octanol–water partition coefficient (Wildman–Crippen LogP) is 5.28. The van der Waals surface area contributed by atoms with Crippen molar-refractivity contribution in [1.82, 2.24) is 9.88 Å². The Morgan fingerprint density at radius 3 is 2.67 bits per heavy atom. The van der Waals surface area contributed by atoms with Crippen LogP contribution < -0.4 is 9.64 Å². The Labute approximate surface area is 217 Å². The Morgan fingerprint density at radius 2 is 1.86 bits per heavy atom. The first-order valence-corrected chi connectivity index (χ1v) is 12.4. The Bertz CT molecular complexity index is 1350. The summed E-state index contributed by atoms with van der Waals surface area (Å²) >= 11 is 1.10. The zero-order valence-corrected chi connectivity index (χ0v) is 21.1. The largest absolute Gasteiger partial charge is 0.484 e. The van der Waals surface area contributed by atoms with Gasteiger partial charge in [-0.3, -0.25) is 14.6 Å². The smallest absolute Gasteiger partial charge is 0.266 e. The first-order chi connectivity index (χ1) is 17.1. The molecule has 10 heteroatoms. The molecule has 0 N–H and O–H groups in total. The van der Waals surface area contributed by atoms with Crippen LogP contribution in [0.25, 0.3) is 21.0 Å². The van der Waals surface area contributed by atoms with Crippen LogP contribution in [-0.2, 0) is 9.53 Å². The molecule has 0 spiro atoms. The van der Waals surface area contributed by atoms with Crippen LogP contribution in [0, 0.1) is 11.6 Å². The van der Waals surface area contributed by atoms with Crippen molar-refractivity contribution in [2.75, 3.05) is 50.9 Å². The molecule has 1 aromatic heterocycles. The van der Waals surface area contributed by atoms with Crippen molar-refractivity contribution in [3.63, 3.8) is 0 Å². The van der Waals surface area contributed by atoms with Crippen molar-refractivity contribution in [3.05, 3.63) is 66.2 Å². The average molecular weight is 534 g/mol. The number of hydrogen-bond donors (Lipinski definition) is 0. The Balaban J connectivity index is 0.00000304. The number of thiazole rings is 1. The molecular weight excluding hydrogens is 508 g/mol. The quantitative estimate of drug-likeness (QED) is 0.308. The molecule has 6 nitrogen and oxygen atoms in total. The summed E-state index contributed by atoms with van der Waals surface area (Å²) in [6.45, 7) is 4.10. The Hall–Kier alpha value is -2.85. The molecule has 3 aromatic carbocycles. The molecule has 1 aliphatic heterocycles. The third kappa shape index (κ3) is 6.10. The fourth-order valence-electron chi connectivity index (χ4n) is 4.15. The summed E-state index contributed by atoms with van der Waals surface area (Å²) < 4.78 is 39.6. The normalized spacial score (nSPS) is 14.1.